The van der Waals surface area contributed by atoms with E-state index in [1.165, 1.54) is 18.2 Å². The van der Waals surface area contributed by atoms with Crippen LogP contribution in [0.3, 0.4) is 0 Å². The van der Waals surface area contributed by atoms with Crippen molar-refractivity contribution in [2.75, 3.05) is 13.1 Å². The Labute approximate surface area is 153 Å². The maximum Gasteiger partial charge on any atom is 0.293 e. The van der Waals surface area contributed by atoms with Crippen LogP contribution in [0.25, 0.3) is 6.08 Å². The monoisotopic (exact) mass is 370 g/mol. The number of imide groups is 1. The predicted molar refractivity (Wildman–Crippen MR) is 97.9 cm³/mol. The highest BCUT2D eigenvalue weighted by Crippen LogP contribution is 2.31. The van der Waals surface area contributed by atoms with Gasteiger partial charge in [-0.3, -0.25) is 19.3 Å². The summed E-state index contributed by atoms with van der Waals surface area (Å²) in [5.74, 6) is -1.35. The highest BCUT2D eigenvalue weighted by molar-refractivity contribution is 8.18. The molecule has 1 aliphatic rings. The summed E-state index contributed by atoms with van der Waals surface area (Å²) in [6.45, 7) is 0.143. The second kappa shape index (κ2) is 7.97. The quantitative estimate of drug-likeness (QED) is 0.820. The van der Waals surface area contributed by atoms with E-state index in [0.29, 0.717) is 4.91 Å². The Morgan fingerprint density at radius 1 is 1.12 bits per heavy atom. The molecule has 1 heterocycles. The number of benzene rings is 2. The summed E-state index contributed by atoms with van der Waals surface area (Å²) in [5, 5.41) is 2.20. The van der Waals surface area contributed by atoms with Crippen molar-refractivity contribution < 1.29 is 18.8 Å². The molecule has 132 valence electrons. The Bertz CT molecular complexity index is 883. The van der Waals surface area contributed by atoms with Crippen LogP contribution in [0.2, 0.25) is 0 Å². The number of nitrogens with one attached hydrogen (secondary N) is 1. The number of rotatable bonds is 5. The fourth-order valence-electron chi connectivity index (χ4n) is 2.41. The first-order valence-electron chi connectivity index (χ1n) is 7.89. The minimum Gasteiger partial charge on any atom is -0.350 e. The number of thioether (sulfide) groups is 1. The zero-order valence-corrected chi connectivity index (χ0v) is 14.5. The molecule has 0 spiro atoms. The maximum absolute atomic E-state index is 13.1. The van der Waals surface area contributed by atoms with Gasteiger partial charge in [0.15, 0.2) is 0 Å². The van der Waals surface area contributed by atoms with Gasteiger partial charge in [0.05, 0.1) is 4.91 Å². The summed E-state index contributed by atoms with van der Waals surface area (Å²) in [5.41, 5.74) is 1.01. The van der Waals surface area contributed by atoms with Gasteiger partial charge in [-0.2, -0.15) is 0 Å². The van der Waals surface area contributed by atoms with Crippen LogP contribution in [0, 0.1) is 5.82 Å². The van der Waals surface area contributed by atoms with Crippen molar-refractivity contribution in [2.45, 2.75) is 0 Å². The Balaban J connectivity index is 1.58. The lowest BCUT2D eigenvalue weighted by Gasteiger charge is -2.13. The second-order valence-electron chi connectivity index (χ2n) is 5.51. The molecule has 0 bridgehead atoms. The van der Waals surface area contributed by atoms with Crippen LogP contribution < -0.4 is 5.32 Å². The molecule has 1 fully saturated rings. The SMILES string of the molecule is O=C(NCCN1C(=O)SC(=Cc2ccccc2)C1=O)c1cccc(F)c1. The fourth-order valence-corrected chi connectivity index (χ4v) is 3.27. The molecule has 1 aliphatic heterocycles. The molecule has 0 atom stereocenters. The third-order valence-electron chi connectivity index (χ3n) is 3.68. The van der Waals surface area contributed by atoms with Crippen LogP contribution in [0.4, 0.5) is 9.18 Å². The standard InChI is InChI=1S/C19H15FN2O3S/c20-15-8-4-7-14(12-15)17(23)21-9-10-22-18(24)16(26-19(22)25)11-13-5-2-1-3-6-13/h1-8,11-12H,9-10H2,(H,21,23). The van der Waals surface area contributed by atoms with Gasteiger partial charge < -0.3 is 5.32 Å². The van der Waals surface area contributed by atoms with Gasteiger partial charge in [-0.15, -0.1) is 0 Å². The molecule has 5 nitrogen and oxygen atoms in total. The summed E-state index contributed by atoms with van der Waals surface area (Å²) < 4.78 is 13.1. The molecule has 3 amide bonds. The summed E-state index contributed by atoms with van der Waals surface area (Å²) in [7, 11) is 0. The molecule has 2 aromatic rings. The first-order valence-corrected chi connectivity index (χ1v) is 8.70. The molecule has 0 radical (unpaired) electrons. The van der Waals surface area contributed by atoms with Crippen molar-refractivity contribution in [1.29, 1.82) is 0 Å². The van der Waals surface area contributed by atoms with Gasteiger partial charge in [-0.25, -0.2) is 4.39 Å². The maximum atomic E-state index is 13.1. The molecular weight excluding hydrogens is 355 g/mol. The lowest BCUT2D eigenvalue weighted by Crippen LogP contribution is -2.37. The second-order valence-corrected chi connectivity index (χ2v) is 6.50. The van der Waals surface area contributed by atoms with Gasteiger partial charge in [-0.05, 0) is 41.6 Å². The molecule has 0 aromatic heterocycles. The molecule has 1 saturated heterocycles. The van der Waals surface area contributed by atoms with Gasteiger partial charge in [0.1, 0.15) is 5.82 Å². The van der Waals surface area contributed by atoms with Gasteiger partial charge in [0.2, 0.25) is 0 Å². The van der Waals surface area contributed by atoms with E-state index in [9.17, 15) is 18.8 Å². The molecule has 1 N–H and O–H groups in total. The van der Waals surface area contributed by atoms with E-state index in [4.69, 9.17) is 0 Å². The molecule has 3 rings (SSSR count). The van der Waals surface area contributed by atoms with Gasteiger partial charge in [0, 0.05) is 18.7 Å². The summed E-state index contributed by atoms with van der Waals surface area (Å²) in [4.78, 5) is 37.8. The van der Waals surface area contributed by atoms with Gasteiger partial charge >= 0.3 is 0 Å². The molecule has 26 heavy (non-hydrogen) atoms. The van der Waals surface area contributed by atoms with Gasteiger partial charge in [0.25, 0.3) is 17.1 Å². The average molecular weight is 370 g/mol. The molecule has 0 unspecified atom stereocenters. The predicted octanol–water partition coefficient (Wildman–Crippen LogP) is 3.29. The summed E-state index contributed by atoms with van der Waals surface area (Å²) >= 11 is 0.870. The fraction of sp³-hybridized carbons (Fsp3) is 0.105. The highest BCUT2D eigenvalue weighted by Gasteiger charge is 2.34. The van der Waals surface area contributed by atoms with Crippen molar-refractivity contribution in [1.82, 2.24) is 10.2 Å². The number of halogens is 1. The molecule has 0 saturated carbocycles. The largest absolute Gasteiger partial charge is 0.350 e. The number of hydrogen-bond acceptors (Lipinski definition) is 4. The topological polar surface area (TPSA) is 66.5 Å². The van der Waals surface area contributed by atoms with Crippen molar-refractivity contribution in [3.05, 3.63) is 76.4 Å². The molecule has 7 heteroatoms. The first kappa shape index (κ1) is 17.9. The van der Waals surface area contributed by atoms with Crippen molar-refractivity contribution in [3.63, 3.8) is 0 Å². The van der Waals surface area contributed by atoms with E-state index in [2.05, 4.69) is 5.32 Å². The Morgan fingerprint density at radius 2 is 1.88 bits per heavy atom. The van der Waals surface area contributed by atoms with Crippen LogP contribution in [-0.4, -0.2) is 35.0 Å². The number of hydrogen-bond donors (Lipinski definition) is 1. The van der Waals surface area contributed by atoms with E-state index in [-0.39, 0.29) is 29.8 Å². The van der Waals surface area contributed by atoms with Crippen LogP contribution in [0.15, 0.2) is 59.5 Å². The van der Waals surface area contributed by atoms with Crippen molar-refractivity contribution in [3.8, 4) is 0 Å². The minimum absolute atomic E-state index is 0.0534. The van der Waals surface area contributed by atoms with Crippen LogP contribution in [-0.2, 0) is 4.79 Å². The van der Waals surface area contributed by atoms with E-state index in [0.717, 1.165) is 28.3 Å². The smallest absolute Gasteiger partial charge is 0.293 e. The number of amides is 3. The zero-order chi connectivity index (χ0) is 18.5. The molecule has 0 aliphatic carbocycles. The normalized spacial score (nSPS) is 15.6. The van der Waals surface area contributed by atoms with E-state index < -0.39 is 11.7 Å². The number of nitrogens with zero attached hydrogens (tertiary/aromatic N) is 1. The average Bonchev–Trinajstić information content (AvgIpc) is 2.90. The van der Waals surface area contributed by atoms with E-state index >= 15 is 0 Å². The lowest BCUT2D eigenvalue weighted by molar-refractivity contribution is -0.122. The molecule has 2 aromatic carbocycles. The summed E-state index contributed by atoms with van der Waals surface area (Å²) in [6.07, 6.45) is 1.66. The Kier molecular flexibility index (Phi) is 5.48. The first-order chi connectivity index (χ1) is 12.5. The Hall–Kier alpha value is -2.93. The number of carbonyl (C=O) groups is 3. The van der Waals surface area contributed by atoms with Crippen molar-refractivity contribution in [2.24, 2.45) is 0 Å². The third-order valence-corrected chi connectivity index (χ3v) is 4.59. The number of carbonyl (C=O) groups excluding carboxylic acids is 3. The summed E-state index contributed by atoms with van der Waals surface area (Å²) in [6, 6.07) is 14.5. The van der Waals surface area contributed by atoms with Crippen LogP contribution >= 0.6 is 11.8 Å². The van der Waals surface area contributed by atoms with Gasteiger partial charge in [-0.1, -0.05) is 36.4 Å². The van der Waals surface area contributed by atoms with Crippen LogP contribution in [0.5, 0.6) is 0 Å². The van der Waals surface area contributed by atoms with E-state index in [1.807, 2.05) is 30.3 Å². The van der Waals surface area contributed by atoms with Crippen LogP contribution in [0.1, 0.15) is 15.9 Å². The molecular formula is C19H15FN2O3S. The Morgan fingerprint density at radius 3 is 2.62 bits per heavy atom. The minimum atomic E-state index is -0.505. The third kappa shape index (κ3) is 4.18. The zero-order valence-electron chi connectivity index (χ0n) is 13.6. The lowest BCUT2D eigenvalue weighted by atomic mass is 10.2. The van der Waals surface area contributed by atoms with Crippen molar-refractivity contribution >= 4 is 34.9 Å². The van der Waals surface area contributed by atoms with E-state index in [1.54, 1.807) is 6.08 Å². The highest BCUT2D eigenvalue weighted by atomic mass is 32.2.